The summed E-state index contributed by atoms with van der Waals surface area (Å²) in [5.41, 5.74) is 7.20. The Labute approximate surface area is 117 Å². The fourth-order valence-corrected chi connectivity index (χ4v) is 4.41. The predicted octanol–water partition coefficient (Wildman–Crippen LogP) is 1.90. The number of nitrogens with two attached hydrogens (primary N) is 1. The summed E-state index contributed by atoms with van der Waals surface area (Å²) >= 11 is 0. The van der Waals surface area contributed by atoms with Crippen molar-refractivity contribution in [2.45, 2.75) is 37.3 Å². The van der Waals surface area contributed by atoms with Gasteiger partial charge in [0.1, 0.15) is 0 Å². The summed E-state index contributed by atoms with van der Waals surface area (Å²) in [6.45, 7) is 6.77. The lowest BCUT2D eigenvalue weighted by molar-refractivity contribution is 0.561. The molecule has 4 nitrogen and oxygen atoms in total. The Morgan fingerprint density at radius 1 is 1.26 bits per heavy atom. The molecule has 1 rings (SSSR count). The number of aryl methyl sites for hydroxylation is 1. The molecule has 0 saturated carbocycles. The first-order chi connectivity index (χ1) is 8.56. The first kappa shape index (κ1) is 16.2. The molecule has 1 unspecified atom stereocenters. The van der Waals surface area contributed by atoms with E-state index in [0.29, 0.717) is 10.6 Å². The summed E-state index contributed by atoms with van der Waals surface area (Å²) in [6, 6.07) is 5.29. The average Bonchev–Trinajstić information content (AvgIpc) is 2.28. The molecule has 0 fully saturated rings. The van der Waals surface area contributed by atoms with Crippen molar-refractivity contribution < 1.29 is 12.6 Å². The number of sulfone groups is 1. The summed E-state index contributed by atoms with van der Waals surface area (Å²) < 4.78 is 35.3. The molecular formula is C13H21NO3S2. The monoisotopic (exact) mass is 303 g/mol. The van der Waals surface area contributed by atoms with E-state index in [0.717, 1.165) is 5.56 Å². The van der Waals surface area contributed by atoms with Gasteiger partial charge in [0.2, 0.25) is 0 Å². The lowest BCUT2D eigenvalue weighted by Crippen LogP contribution is -2.32. The van der Waals surface area contributed by atoms with Crippen LogP contribution < -0.4 is 5.73 Å². The molecule has 0 radical (unpaired) electrons. The molecule has 2 N–H and O–H groups in total. The third kappa shape index (κ3) is 3.79. The van der Waals surface area contributed by atoms with Gasteiger partial charge in [-0.1, -0.05) is 12.1 Å². The standard InChI is InChI=1S/C13H21NO3S2/c1-10-6-5-7-11(12(10)14)18(15)8-9-19(16,17)13(2,3)4/h5-7H,8-9,14H2,1-4H3. The van der Waals surface area contributed by atoms with Crippen LogP contribution >= 0.6 is 0 Å². The highest BCUT2D eigenvalue weighted by Crippen LogP contribution is 2.22. The number of benzene rings is 1. The van der Waals surface area contributed by atoms with Crippen molar-refractivity contribution in [2.75, 3.05) is 17.2 Å². The van der Waals surface area contributed by atoms with E-state index in [-0.39, 0.29) is 11.5 Å². The van der Waals surface area contributed by atoms with Crippen LogP contribution in [0.1, 0.15) is 26.3 Å². The minimum Gasteiger partial charge on any atom is -0.398 e. The molecule has 0 aromatic heterocycles. The molecule has 0 bridgehead atoms. The van der Waals surface area contributed by atoms with Gasteiger partial charge in [0.05, 0.1) is 31.9 Å². The van der Waals surface area contributed by atoms with Gasteiger partial charge in [-0.25, -0.2) is 8.42 Å². The maximum absolute atomic E-state index is 12.2. The summed E-state index contributed by atoms with van der Waals surface area (Å²) in [5, 5.41) is 0. The van der Waals surface area contributed by atoms with Crippen molar-refractivity contribution in [1.82, 2.24) is 0 Å². The van der Waals surface area contributed by atoms with E-state index in [9.17, 15) is 12.6 Å². The third-order valence-electron chi connectivity index (χ3n) is 3.00. The fraction of sp³-hybridized carbons (Fsp3) is 0.538. The summed E-state index contributed by atoms with van der Waals surface area (Å²) in [4.78, 5) is 0.518. The second-order valence-electron chi connectivity index (χ2n) is 5.47. The van der Waals surface area contributed by atoms with Crippen LogP contribution in [0.25, 0.3) is 0 Å². The van der Waals surface area contributed by atoms with Crippen LogP contribution in [0.2, 0.25) is 0 Å². The molecule has 0 aliphatic heterocycles. The predicted molar refractivity (Wildman–Crippen MR) is 80.4 cm³/mol. The van der Waals surface area contributed by atoms with E-state index in [4.69, 9.17) is 5.73 Å². The van der Waals surface area contributed by atoms with Gasteiger partial charge in [-0.05, 0) is 39.3 Å². The quantitative estimate of drug-likeness (QED) is 0.862. The van der Waals surface area contributed by atoms with Gasteiger partial charge in [-0.15, -0.1) is 0 Å². The van der Waals surface area contributed by atoms with Gasteiger partial charge in [-0.2, -0.15) is 0 Å². The summed E-state index contributed by atoms with van der Waals surface area (Å²) in [6.07, 6.45) is 0. The highest BCUT2D eigenvalue weighted by molar-refractivity contribution is 7.94. The SMILES string of the molecule is Cc1cccc(S(=O)CCS(=O)(=O)C(C)(C)C)c1N. The van der Waals surface area contributed by atoms with Gasteiger partial charge in [-0.3, -0.25) is 4.21 Å². The molecule has 0 amide bonds. The van der Waals surface area contributed by atoms with Crippen molar-refractivity contribution in [2.24, 2.45) is 0 Å². The van der Waals surface area contributed by atoms with E-state index >= 15 is 0 Å². The maximum Gasteiger partial charge on any atom is 0.156 e. The van der Waals surface area contributed by atoms with Gasteiger partial charge >= 0.3 is 0 Å². The molecule has 0 heterocycles. The number of hydrogen-bond donors (Lipinski definition) is 1. The number of rotatable bonds is 4. The zero-order valence-electron chi connectivity index (χ0n) is 11.8. The van der Waals surface area contributed by atoms with Crippen LogP contribution in [-0.4, -0.2) is 28.9 Å². The Hall–Kier alpha value is -0.880. The molecule has 0 aliphatic rings. The van der Waals surface area contributed by atoms with E-state index < -0.39 is 25.4 Å². The highest BCUT2D eigenvalue weighted by Gasteiger charge is 2.29. The van der Waals surface area contributed by atoms with Crippen molar-refractivity contribution in [3.8, 4) is 0 Å². The molecule has 108 valence electrons. The molecule has 6 heteroatoms. The highest BCUT2D eigenvalue weighted by atomic mass is 32.2. The first-order valence-electron chi connectivity index (χ1n) is 6.02. The minimum absolute atomic E-state index is 0.0766. The number of anilines is 1. The lowest BCUT2D eigenvalue weighted by Gasteiger charge is -2.19. The normalized spacial score (nSPS) is 14.3. The van der Waals surface area contributed by atoms with E-state index in [1.807, 2.05) is 13.0 Å². The molecule has 1 atom stereocenters. The Balaban J connectivity index is 2.86. The molecule has 1 aromatic carbocycles. The van der Waals surface area contributed by atoms with Gasteiger partial charge < -0.3 is 5.73 Å². The van der Waals surface area contributed by atoms with Crippen LogP contribution in [0.5, 0.6) is 0 Å². The topological polar surface area (TPSA) is 77.2 Å². The molecule has 0 spiro atoms. The van der Waals surface area contributed by atoms with Gasteiger partial charge in [0.15, 0.2) is 9.84 Å². The molecule has 0 aliphatic carbocycles. The second-order valence-corrected chi connectivity index (χ2v) is 9.87. The number of nitrogen functional groups attached to an aromatic ring is 1. The molecule has 19 heavy (non-hydrogen) atoms. The Kier molecular flexibility index (Phi) is 4.79. The number of hydrogen-bond acceptors (Lipinski definition) is 4. The smallest absolute Gasteiger partial charge is 0.156 e. The van der Waals surface area contributed by atoms with Crippen molar-refractivity contribution in [1.29, 1.82) is 0 Å². The summed E-state index contributed by atoms with van der Waals surface area (Å²) in [5.74, 6) is -0.0241. The van der Waals surface area contributed by atoms with E-state index in [1.54, 1.807) is 32.9 Å². The van der Waals surface area contributed by atoms with Gasteiger partial charge in [0.25, 0.3) is 0 Å². The minimum atomic E-state index is -3.26. The molecular weight excluding hydrogens is 282 g/mol. The average molecular weight is 303 g/mol. The zero-order chi connectivity index (χ0) is 14.8. The van der Waals surface area contributed by atoms with Crippen LogP contribution in [0, 0.1) is 6.92 Å². The fourth-order valence-electron chi connectivity index (χ4n) is 1.45. The molecule has 1 aromatic rings. The van der Waals surface area contributed by atoms with Crippen molar-refractivity contribution >= 4 is 26.3 Å². The lowest BCUT2D eigenvalue weighted by atomic mass is 10.2. The first-order valence-corrected chi connectivity index (χ1v) is 8.99. The third-order valence-corrected chi connectivity index (χ3v) is 7.29. The van der Waals surface area contributed by atoms with Crippen molar-refractivity contribution in [3.05, 3.63) is 23.8 Å². The van der Waals surface area contributed by atoms with Crippen LogP contribution in [-0.2, 0) is 20.6 Å². The van der Waals surface area contributed by atoms with Crippen LogP contribution in [0.15, 0.2) is 23.1 Å². The summed E-state index contributed by atoms with van der Waals surface area (Å²) in [7, 11) is -4.65. The van der Waals surface area contributed by atoms with E-state index in [2.05, 4.69) is 0 Å². The Morgan fingerprint density at radius 3 is 2.37 bits per heavy atom. The van der Waals surface area contributed by atoms with Gasteiger partial charge in [0, 0.05) is 5.75 Å². The largest absolute Gasteiger partial charge is 0.398 e. The zero-order valence-corrected chi connectivity index (χ0v) is 13.4. The van der Waals surface area contributed by atoms with Crippen molar-refractivity contribution in [3.63, 3.8) is 0 Å². The van der Waals surface area contributed by atoms with E-state index in [1.165, 1.54) is 0 Å². The maximum atomic E-state index is 12.2. The Bertz CT molecular complexity index is 586. The van der Waals surface area contributed by atoms with Crippen LogP contribution in [0.3, 0.4) is 0 Å². The number of para-hydroxylation sites is 1. The van der Waals surface area contributed by atoms with Crippen LogP contribution in [0.4, 0.5) is 5.69 Å². The Morgan fingerprint density at radius 2 is 1.84 bits per heavy atom. The second kappa shape index (κ2) is 5.63. The molecule has 0 saturated heterocycles.